The Bertz CT molecular complexity index is 1140. The number of benzene rings is 3. The maximum absolute atomic E-state index is 6.23. The molecule has 0 saturated carbocycles. The molecular formula is C25H20N2. The second kappa shape index (κ2) is 7.27. The van der Waals surface area contributed by atoms with Crippen LogP contribution in [-0.2, 0) is 6.42 Å². The first kappa shape index (κ1) is 16.8. The van der Waals surface area contributed by atoms with Gasteiger partial charge in [-0.3, -0.25) is 0 Å². The Morgan fingerprint density at radius 3 is 1.96 bits per heavy atom. The van der Waals surface area contributed by atoms with Gasteiger partial charge in [0.15, 0.2) is 0 Å². The minimum absolute atomic E-state index is 0.728. The van der Waals surface area contributed by atoms with E-state index >= 15 is 0 Å². The second-order valence-electron chi connectivity index (χ2n) is 6.50. The van der Waals surface area contributed by atoms with Gasteiger partial charge in [0.2, 0.25) is 0 Å². The quantitative estimate of drug-likeness (QED) is 0.490. The zero-order chi connectivity index (χ0) is 18.6. The largest absolute Gasteiger partial charge is 0.398 e. The van der Waals surface area contributed by atoms with Crippen LogP contribution in [0.4, 0.5) is 11.4 Å². The van der Waals surface area contributed by atoms with E-state index in [0.29, 0.717) is 0 Å². The van der Waals surface area contributed by atoms with Crippen LogP contribution in [-0.4, -0.2) is 0 Å². The lowest BCUT2D eigenvalue weighted by atomic mass is 9.88. The molecule has 0 heterocycles. The molecule has 27 heavy (non-hydrogen) atoms. The predicted octanol–water partition coefficient (Wildman–Crippen LogP) is 5.39. The summed E-state index contributed by atoms with van der Waals surface area (Å²) in [5.41, 5.74) is 26.9. The van der Waals surface area contributed by atoms with Crippen molar-refractivity contribution in [2.75, 3.05) is 11.5 Å². The molecule has 1 aliphatic carbocycles. The Balaban J connectivity index is 1.76. The number of nitrogen functional groups attached to an aromatic ring is 2. The SMILES string of the molecule is Nc1ccccc1C1=CC=C=C=C1Cc1ccccc1-c1ccccc1N. The van der Waals surface area contributed by atoms with Crippen LogP contribution in [0.3, 0.4) is 0 Å². The Hall–Kier alpha value is -3.70. The van der Waals surface area contributed by atoms with Gasteiger partial charge in [0.05, 0.1) is 0 Å². The number of hydrogen-bond acceptors (Lipinski definition) is 2. The maximum atomic E-state index is 6.23. The first-order chi connectivity index (χ1) is 13.2. The number of rotatable bonds is 4. The number of nitrogens with two attached hydrogens (primary N) is 2. The number of hydrogen-bond donors (Lipinski definition) is 2. The highest BCUT2D eigenvalue weighted by atomic mass is 14.6. The van der Waals surface area contributed by atoms with E-state index in [-0.39, 0.29) is 0 Å². The van der Waals surface area contributed by atoms with E-state index in [4.69, 9.17) is 11.5 Å². The summed E-state index contributed by atoms with van der Waals surface area (Å²) >= 11 is 0. The molecule has 0 bridgehead atoms. The van der Waals surface area contributed by atoms with E-state index in [1.807, 2.05) is 54.6 Å². The lowest BCUT2D eigenvalue weighted by molar-refractivity contribution is 1.21. The van der Waals surface area contributed by atoms with Crippen molar-refractivity contribution < 1.29 is 0 Å². The van der Waals surface area contributed by atoms with E-state index < -0.39 is 0 Å². The molecule has 0 saturated heterocycles. The summed E-state index contributed by atoms with van der Waals surface area (Å²) < 4.78 is 0. The molecule has 1 aliphatic rings. The molecular weight excluding hydrogens is 328 g/mol. The van der Waals surface area contributed by atoms with E-state index in [0.717, 1.165) is 45.6 Å². The van der Waals surface area contributed by atoms with Gasteiger partial charge in [-0.15, -0.1) is 0 Å². The van der Waals surface area contributed by atoms with Crippen LogP contribution in [0, 0.1) is 0 Å². The van der Waals surface area contributed by atoms with Crippen molar-refractivity contribution >= 4 is 16.9 Å². The summed E-state index contributed by atoms with van der Waals surface area (Å²) in [6, 6.07) is 24.2. The smallest absolute Gasteiger partial charge is 0.0394 e. The average molecular weight is 348 g/mol. The number of allylic oxidation sites excluding steroid dienone is 4. The molecule has 130 valence electrons. The maximum Gasteiger partial charge on any atom is 0.0394 e. The molecule has 4 N–H and O–H groups in total. The van der Waals surface area contributed by atoms with Gasteiger partial charge in [-0.2, -0.15) is 0 Å². The van der Waals surface area contributed by atoms with Crippen molar-refractivity contribution in [2.24, 2.45) is 0 Å². The molecule has 0 aliphatic heterocycles. The molecule has 3 aromatic rings. The Kier molecular flexibility index (Phi) is 4.51. The van der Waals surface area contributed by atoms with Gasteiger partial charge in [0.25, 0.3) is 0 Å². The van der Waals surface area contributed by atoms with E-state index in [1.54, 1.807) is 0 Å². The van der Waals surface area contributed by atoms with Crippen LogP contribution in [0.5, 0.6) is 0 Å². The predicted molar refractivity (Wildman–Crippen MR) is 114 cm³/mol. The zero-order valence-electron chi connectivity index (χ0n) is 14.9. The summed E-state index contributed by atoms with van der Waals surface area (Å²) in [5, 5.41) is 0. The first-order valence-electron chi connectivity index (χ1n) is 8.93. The fourth-order valence-electron chi connectivity index (χ4n) is 3.43. The summed E-state index contributed by atoms with van der Waals surface area (Å²) in [6.45, 7) is 0. The highest BCUT2D eigenvalue weighted by molar-refractivity contribution is 5.87. The highest BCUT2D eigenvalue weighted by Gasteiger charge is 2.15. The molecule has 0 fully saturated rings. The van der Waals surface area contributed by atoms with Crippen LogP contribution in [0.25, 0.3) is 16.7 Å². The third kappa shape index (κ3) is 3.36. The Labute approximate surface area is 159 Å². The standard InChI is InChI=1S/C25H20N2/c26-24-15-7-5-13-22(24)20-11-3-1-9-18(20)17-19-10-2-4-12-21(19)23-14-6-8-16-25(23)27/h1,3-9,11-16H,17,26-27H2. The topological polar surface area (TPSA) is 52.0 Å². The van der Waals surface area contributed by atoms with Crippen molar-refractivity contribution in [3.63, 3.8) is 0 Å². The first-order valence-corrected chi connectivity index (χ1v) is 8.93. The Morgan fingerprint density at radius 2 is 1.26 bits per heavy atom. The molecule has 0 unspecified atom stereocenters. The highest BCUT2D eigenvalue weighted by Crippen LogP contribution is 2.34. The fourth-order valence-corrected chi connectivity index (χ4v) is 3.43. The summed E-state index contributed by atoms with van der Waals surface area (Å²) in [4.78, 5) is 0. The lowest BCUT2D eigenvalue weighted by Gasteiger charge is -2.16. The Morgan fingerprint density at radius 1 is 0.667 bits per heavy atom. The molecule has 0 atom stereocenters. The second-order valence-corrected chi connectivity index (χ2v) is 6.50. The molecule has 0 radical (unpaired) electrons. The van der Waals surface area contributed by atoms with Gasteiger partial charge in [-0.05, 0) is 41.0 Å². The summed E-state index contributed by atoms with van der Waals surface area (Å²) in [5.74, 6) is 0. The number of para-hydroxylation sites is 2. The van der Waals surface area contributed by atoms with Crippen LogP contribution in [0.2, 0.25) is 0 Å². The third-order valence-corrected chi connectivity index (χ3v) is 4.77. The number of anilines is 2. The van der Waals surface area contributed by atoms with Crippen LogP contribution >= 0.6 is 0 Å². The molecule has 0 aromatic heterocycles. The third-order valence-electron chi connectivity index (χ3n) is 4.77. The van der Waals surface area contributed by atoms with Gasteiger partial charge in [-0.1, -0.05) is 72.1 Å². The van der Waals surface area contributed by atoms with Crippen molar-refractivity contribution in [3.05, 3.63) is 113 Å². The lowest BCUT2D eigenvalue weighted by Crippen LogP contribution is -2.01. The molecule has 4 rings (SSSR count). The monoisotopic (exact) mass is 348 g/mol. The zero-order valence-corrected chi connectivity index (χ0v) is 14.9. The van der Waals surface area contributed by atoms with Crippen LogP contribution in [0.1, 0.15) is 11.1 Å². The molecule has 3 aromatic carbocycles. The molecule has 0 spiro atoms. The van der Waals surface area contributed by atoms with Crippen LogP contribution < -0.4 is 11.5 Å². The van der Waals surface area contributed by atoms with Crippen molar-refractivity contribution in [3.8, 4) is 11.1 Å². The average Bonchev–Trinajstić information content (AvgIpc) is 2.70. The molecule has 2 nitrogen and oxygen atoms in total. The van der Waals surface area contributed by atoms with Crippen molar-refractivity contribution in [1.82, 2.24) is 0 Å². The summed E-state index contributed by atoms with van der Waals surface area (Å²) in [6.07, 6.45) is 4.66. The van der Waals surface area contributed by atoms with Gasteiger partial charge < -0.3 is 11.5 Å². The van der Waals surface area contributed by atoms with E-state index in [2.05, 4.69) is 41.8 Å². The minimum Gasteiger partial charge on any atom is -0.398 e. The fraction of sp³-hybridized carbons (Fsp3) is 0.0400. The minimum atomic E-state index is 0.728. The van der Waals surface area contributed by atoms with E-state index in [1.165, 1.54) is 5.56 Å². The summed E-state index contributed by atoms with van der Waals surface area (Å²) in [7, 11) is 0. The molecule has 2 heteroatoms. The normalized spacial score (nSPS) is 12.6. The molecule has 0 amide bonds. The van der Waals surface area contributed by atoms with Crippen LogP contribution in [0.15, 0.2) is 102 Å². The van der Waals surface area contributed by atoms with Gasteiger partial charge >= 0.3 is 0 Å². The van der Waals surface area contributed by atoms with Gasteiger partial charge in [0, 0.05) is 34.5 Å². The van der Waals surface area contributed by atoms with E-state index in [9.17, 15) is 0 Å². The van der Waals surface area contributed by atoms with Crippen molar-refractivity contribution in [2.45, 2.75) is 6.42 Å². The van der Waals surface area contributed by atoms with Gasteiger partial charge in [0.1, 0.15) is 0 Å². The van der Waals surface area contributed by atoms with Crippen molar-refractivity contribution in [1.29, 1.82) is 0 Å². The van der Waals surface area contributed by atoms with Gasteiger partial charge in [-0.25, -0.2) is 0 Å².